The van der Waals surface area contributed by atoms with Crippen LogP contribution in [0, 0.1) is 0 Å². The Bertz CT molecular complexity index is 416. The molecule has 6 heteroatoms. The highest BCUT2D eigenvalue weighted by Crippen LogP contribution is 2.30. The zero-order valence-corrected chi connectivity index (χ0v) is 12.8. The Labute approximate surface area is 120 Å². The van der Waals surface area contributed by atoms with Gasteiger partial charge in [0.1, 0.15) is 5.69 Å². The number of hydrogen-bond acceptors (Lipinski definition) is 4. The summed E-state index contributed by atoms with van der Waals surface area (Å²) in [5.41, 5.74) is 0.687. The maximum absolute atomic E-state index is 12.5. The summed E-state index contributed by atoms with van der Waals surface area (Å²) in [5, 5.41) is 4.32. The van der Waals surface area contributed by atoms with Gasteiger partial charge in [-0.25, -0.2) is 0 Å². The predicted octanol–water partition coefficient (Wildman–Crippen LogP) is 2.76. The SMILES string of the molecule is COCCn1ncc(Br)c1C(=O)C1CCCCS1. The van der Waals surface area contributed by atoms with Crippen molar-refractivity contribution < 1.29 is 9.53 Å². The zero-order valence-electron chi connectivity index (χ0n) is 10.4. The monoisotopic (exact) mass is 332 g/mol. The van der Waals surface area contributed by atoms with Crippen molar-refractivity contribution in [3.05, 3.63) is 16.4 Å². The molecule has 1 saturated heterocycles. The number of aromatic nitrogens is 2. The summed E-state index contributed by atoms with van der Waals surface area (Å²) in [6.07, 6.45) is 5.04. The molecule has 2 heterocycles. The van der Waals surface area contributed by atoms with Crippen molar-refractivity contribution in [2.45, 2.75) is 31.1 Å². The Morgan fingerprint density at radius 3 is 3.17 bits per heavy atom. The third kappa shape index (κ3) is 3.16. The van der Waals surface area contributed by atoms with Gasteiger partial charge in [0.2, 0.25) is 0 Å². The van der Waals surface area contributed by atoms with E-state index in [1.807, 2.05) is 0 Å². The molecule has 1 unspecified atom stereocenters. The third-order valence-electron chi connectivity index (χ3n) is 3.01. The first-order chi connectivity index (χ1) is 8.74. The van der Waals surface area contributed by atoms with Crippen LogP contribution in [-0.2, 0) is 11.3 Å². The van der Waals surface area contributed by atoms with Gasteiger partial charge in [-0.05, 0) is 34.5 Å². The van der Waals surface area contributed by atoms with E-state index in [0.717, 1.165) is 23.1 Å². The molecule has 0 saturated carbocycles. The van der Waals surface area contributed by atoms with Crippen molar-refractivity contribution in [3.8, 4) is 0 Å². The van der Waals surface area contributed by atoms with Gasteiger partial charge in [0.25, 0.3) is 0 Å². The zero-order chi connectivity index (χ0) is 13.0. The molecular weight excluding hydrogens is 316 g/mol. The lowest BCUT2D eigenvalue weighted by Crippen LogP contribution is -2.25. The molecule has 1 aliphatic rings. The molecule has 100 valence electrons. The summed E-state index contributed by atoms with van der Waals surface area (Å²) in [6, 6.07) is 0. The molecule has 1 fully saturated rings. The van der Waals surface area contributed by atoms with Crippen LogP contribution in [0.3, 0.4) is 0 Å². The number of carbonyl (C=O) groups excluding carboxylic acids is 1. The molecular formula is C12H17BrN2O2S. The first-order valence-corrected chi connectivity index (χ1v) is 7.94. The molecule has 1 atom stereocenters. The molecule has 4 nitrogen and oxygen atoms in total. The van der Waals surface area contributed by atoms with Gasteiger partial charge in [0.05, 0.1) is 29.1 Å². The highest BCUT2D eigenvalue weighted by atomic mass is 79.9. The lowest BCUT2D eigenvalue weighted by Gasteiger charge is -2.20. The molecule has 1 aromatic rings. The van der Waals surface area contributed by atoms with Crippen LogP contribution < -0.4 is 0 Å². The van der Waals surface area contributed by atoms with Crippen LogP contribution in [0.2, 0.25) is 0 Å². The Morgan fingerprint density at radius 2 is 2.50 bits per heavy atom. The average molecular weight is 333 g/mol. The van der Waals surface area contributed by atoms with E-state index in [1.165, 1.54) is 6.42 Å². The summed E-state index contributed by atoms with van der Waals surface area (Å²) < 4.78 is 7.57. The van der Waals surface area contributed by atoms with Gasteiger partial charge in [-0.3, -0.25) is 9.48 Å². The molecule has 0 aliphatic carbocycles. The second-order valence-electron chi connectivity index (χ2n) is 4.28. The van der Waals surface area contributed by atoms with Crippen LogP contribution in [-0.4, -0.2) is 40.3 Å². The van der Waals surface area contributed by atoms with Crippen LogP contribution in [0.4, 0.5) is 0 Å². The van der Waals surface area contributed by atoms with Gasteiger partial charge in [0.15, 0.2) is 5.78 Å². The van der Waals surface area contributed by atoms with E-state index >= 15 is 0 Å². The normalized spacial score (nSPS) is 20.0. The summed E-state index contributed by atoms with van der Waals surface area (Å²) in [5.74, 6) is 1.28. The number of rotatable bonds is 5. The molecule has 0 N–H and O–H groups in total. The van der Waals surface area contributed by atoms with Gasteiger partial charge in [-0.15, -0.1) is 0 Å². The second-order valence-corrected chi connectivity index (χ2v) is 6.44. The van der Waals surface area contributed by atoms with E-state index in [0.29, 0.717) is 18.8 Å². The van der Waals surface area contributed by atoms with E-state index in [2.05, 4.69) is 21.0 Å². The summed E-state index contributed by atoms with van der Waals surface area (Å²) >= 11 is 5.19. The van der Waals surface area contributed by atoms with Crippen LogP contribution in [0.5, 0.6) is 0 Å². The van der Waals surface area contributed by atoms with Crippen molar-refractivity contribution in [1.29, 1.82) is 0 Å². The van der Waals surface area contributed by atoms with Crippen LogP contribution in [0.25, 0.3) is 0 Å². The van der Waals surface area contributed by atoms with Gasteiger partial charge in [0, 0.05) is 7.11 Å². The first-order valence-electron chi connectivity index (χ1n) is 6.10. The van der Waals surface area contributed by atoms with Crippen molar-refractivity contribution in [2.75, 3.05) is 19.5 Å². The molecule has 0 spiro atoms. The minimum absolute atomic E-state index is 0.0908. The Hall–Kier alpha value is -0.330. The maximum Gasteiger partial charge on any atom is 0.194 e. The summed E-state index contributed by atoms with van der Waals surface area (Å²) in [6.45, 7) is 1.17. The fourth-order valence-electron chi connectivity index (χ4n) is 2.05. The van der Waals surface area contributed by atoms with Crippen LogP contribution in [0.1, 0.15) is 29.8 Å². The van der Waals surface area contributed by atoms with Gasteiger partial charge in [-0.1, -0.05) is 6.42 Å². The smallest absolute Gasteiger partial charge is 0.194 e. The number of hydrogen-bond donors (Lipinski definition) is 0. The summed E-state index contributed by atoms with van der Waals surface area (Å²) in [7, 11) is 1.65. The molecule has 2 rings (SSSR count). The van der Waals surface area contributed by atoms with Gasteiger partial charge in [-0.2, -0.15) is 16.9 Å². The quantitative estimate of drug-likeness (QED) is 0.777. The number of ether oxygens (including phenoxy) is 1. The third-order valence-corrected chi connectivity index (χ3v) is 4.96. The van der Waals surface area contributed by atoms with Crippen molar-refractivity contribution in [3.63, 3.8) is 0 Å². The Balaban J connectivity index is 2.14. The highest BCUT2D eigenvalue weighted by Gasteiger charge is 2.27. The Kier molecular flexibility index (Phi) is 5.26. The molecule has 0 bridgehead atoms. The number of thioether (sulfide) groups is 1. The fourth-order valence-corrected chi connectivity index (χ4v) is 3.80. The van der Waals surface area contributed by atoms with E-state index in [9.17, 15) is 4.79 Å². The number of ketones is 1. The van der Waals surface area contributed by atoms with E-state index in [4.69, 9.17) is 4.74 Å². The molecule has 0 amide bonds. The van der Waals surface area contributed by atoms with Crippen LogP contribution in [0.15, 0.2) is 10.7 Å². The van der Waals surface area contributed by atoms with E-state index in [-0.39, 0.29) is 11.0 Å². The minimum Gasteiger partial charge on any atom is -0.383 e. The number of halogens is 1. The lowest BCUT2D eigenvalue weighted by atomic mass is 10.1. The van der Waals surface area contributed by atoms with Gasteiger partial charge >= 0.3 is 0 Å². The molecule has 0 radical (unpaired) electrons. The highest BCUT2D eigenvalue weighted by molar-refractivity contribution is 9.10. The average Bonchev–Trinajstić information content (AvgIpc) is 2.77. The van der Waals surface area contributed by atoms with Crippen molar-refractivity contribution >= 4 is 33.5 Å². The number of carbonyl (C=O) groups is 1. The molecule has 0 aromatic carbocycles. The molecule has 18 heavy (non-hydrogen) atoms. The number of Topliss-reactive ketones (excluding diaryl/α,β-unsaturated/α-hetero) is 1. The largest absolute Gasteiger partial charge is 0.383 e. The summed E-state index contributed by atoms with van der Waals surface area (Å²) in [4.78, 5) is 12.5. The van der Waals surface area contributed by atoms with Crippen LogP contribution >= 0.6 is 27.7 Å². The predicted molar refractivity (Wildman–Crippen MR) is 76.2 cm³/mol. The Morgan fingerprint density at radius 1 is 1.67 bits per heavy atom. The van der Waals surface area contributed by atoms with E-state index in [1.54, 1.807) is 29.8 Å². The molecule has 1 aliphatic heterocycles. The number of methoxy groups -OCH3 is 1. The van der Waals surface area contributed by atoms with E-state index < -0.39 is 0 Å². The van der Waals surface area contributed by atoms with Crippen molar-refractivity contribution in [1.82, 2.24) is 9.78 Å². The number of nitrogens with zero attached hydrogens (tertiary/aromatic N) is 2. The minimum atomic E-state index is 0.0908. The standard InChI is InChI=1S/C12H17BrN2O2S/c1-17-6-5-15-11(9(13)8-14-15)12(16)10-4-2-3-7-18-10/h8,10H,2-7H2,1H3. The fraction of sp³-hybridized carbons (Fsp3) is 0.667. The topological polar surface area (TPSA) is 44.1 Å². The molecule has 1 aromatic heterocycles. The second kappa shape index (κ2) is 6.73. The lowest BCUT2D eigenvalue weighted by molar-refractivity contribution is 0.0970. The maximum atomic E-state index is 12.5. The van der Waals surface area contributed by atoms with Crippen molar-refractivity contribution in [2.24, 2.45) is 0 Å². The first kappa shape index (κ1) is 14.1. The van der Waals surface area contributed by atoms with Gasteiger partial charge < -0.3 is 4.74 Å².